The molecule has 0 radical (unpaired) electrons. The van der Waals surface area contributed by atoms with Crippen LogP contribution in [0.5, 0.6) is 5.75 Å². The van der Waals surface area contributed by atoms with E-state index in [9.17, 15) is 0 Å². The number of hydrogen-bond donors (Lipinski definition) is 0. The molecule has 1 aromatic rings. The van der Waals surface area contributed by atoms with Gasteiger partial charge >= 0.3 is 0 Å². The van der Waals surface area contributed by atoms with Crippen LogP contribution in [0.25, 0.3) is 0 Å². The van der Waals surface area contributed by atoms with Gasteiger partial charge in [-0.25, -0.2) is 0 Å². The average molecular weight is 205 g/mol. The van der Waals surface area contributed by atoms with E-state index < -0.39 is 0 Å². The van der Waals surface area contributed by atoms with Gasteiger partial charge in [-0.2, -0.15) is 0 Å². The first-order valence-corrected chi connectivity index (χ1v) is 4.47. The number of aryl methyl sites for hydroxylation is 1. The second-order valence-electron chi connectivity index (χ2n) is 2.41. The number of rotatable bonds is 2. The summed E-state index contributed by atoms with van der Waals surface area (Å²) in [5, 5.41) is 1.17. The fraction of sp³-hybridized carbons (Fsp3) is 0.333. The third kappa shape index (κ3) is 1.67. The Morgan fingerprint density at radius 3 is 2.50 bits per heavy atom. The number of halogens is 2. The van der Waals surface area contributed by atoms with Crippen molar-refractivity contribution in [3.8, 4) is 5.75 Å². The Hall–Kier alpha value is -0.400. The van der Waals surface area contributed by atoms with Gasteiger partial charge in [-0.05, 0) is 18.1 Å². The van der Waals surface area contributed by atoms with Crippen LogP contribution in [-0.4, -0.2) is 7.11 Å². The van der Waals surface area contributed by atoms with Crippen molar-refractivity contribution in [1.29, 1.82) is 0 Å². The molecule has 0 fully saturated rings. The second-order valence-corrected chi connectivity index (χ2v) is 3.19. The zero-order valence-corrected chi connectivity index (χ0v) is 8.54. The lowest BCUT2D eigenvalue weighted by atomic mass is 10.1. The summed E-state index contributed by atoms with van der Waals surface area (Å²) in [5.74, 6) is 0.567. The van der Waals surface area contributed by atoms with Gasteiger partial charge in [0.2, 0.25) is 0 Å². The topological polar surface area (TPSA) is 9.23 Å². The van der Waals surface area contributed by atoms with Gasteiger partial charge in [-0.3, -0.25) is 0 Å². The molecule has 0 saturated carbocycles. The third-order valence-corrected chi connectivity index (χ3v) is 2.43. The van der Waals surface area contributed by atoms with E-state index in [0.29, 0.717) is 15.8 Å². The Morgan fingerprint density at radius 2 is 2.00 bits per heavy atom. The van der Waals surface area contributed by atoms with E-state index in [1.165, 1.54) is 0 Å². The van der Waals surface area contributed by atoms with Crippen molar-refractivity contribution < 1.29 is 4.74 Å². The van der Waals surface area contributed by atoms with Gasteiger partial charge in [-0.15, -0.1) is 0 Å². The summed E-state index contributed by atoms with van der Waals surface area (Å²) in [6.07, 6.45) is 0.881. The van der Waals surface area contributed by atoms with Crippen molar-refractivity contribution >= 4 is 23.2 Å². The predicted molar refractivity (Wildman–Crippen MR) is 52.4 cm³/mol. The Kier molecular flexibility index (Phi) is 3.24. The molecule has 0 aliphatic heterocycles. The first-order valence-electron chi connectivity index (χ1n) is 3.71. The number of ether oxygens (including phenoxy) is 1. The summed E-state index contributed by atoms with van der Waals surface area (Å²) < 4.78 is 5.05. The Bertz CT molecular complexity index is 284. The van der Waals surface area contributed by atoms with Crippen LogP contribution < -0.4 is 4.74 Å². The second kappa shape index (κ2) is 4.01. The molecular weight excluding hydrogens is 195 g/mol. The highest BCUT2D eigenvalue weighted by atomic mass is 35.5. The van der Waals surface area contributed by atoms with E-state index in [4.69, 9.17) is 27.9 Å². The van der Waals surface area contributed by atoms with Crippen molar-refractivity contribution in [1.82, 2.24) is 0 Å². The molecule has 1 aromatic carbocycles. The average Bonchev–Trinajstić information content (AvgIpc) is 2.06. The molecule has 0 spiro atoms. The molecule has 0 atom stereocenters. The van der Waals surface area contributed by atoms with E-state index in [0.717, 1.165) is 12.0 Å². The maximum atomic E-state index is 6.00. The summed E-state index contributed by atoms with van der Waals surface area (Å²) in [6.45, 7) is 2.04. The van der Waals surface area contributed by atoms with Gasteiger partial charge in [0.05, 0.1) is 17.2 Å². The fourth-order valence-corrected chi connectivity index (χ4v) is 1.69. The van der Waals surface area contributed by atoms with Crippen LogP contribution in [0.15, 0.2) is 12.1 Å². The Balaban J connectivity index is 3.24. The van der Waals surface area contributed by atoms with Gasteiger partial charge in [0.15, 0.2) is 5.75 Å². The van der Waals surface area contributed by atoms with E-state index in [1.807, 2.05) is 13.0 Å². The normalized spacial score (nSPS) is 10.0. The molecule has 0 saturated heterocycles. The van der Waals surface area contributed by atoms with Crippen LogP contribution in [0.3, 0.4) is 0 Å². The maximum absolute atomic E-state index is 6.00. The van der Waals surface area contributed by atoms with Crippen molar-refractivity contribution in [2.75, 3.05) is 7.11 Å². The standard InChI is InChI=1S/C9H10Cl2O/c1-3-6-4-5-7(10)9(12-2)8(6)11/h4-5H,3H2,1-2H3. The summed E-state index contributed by atoms with van der Waals surface area (Å²) in [5.41, 5.74) is 1.05. The number of benzene rings is 1. The number of hydrogen-bond acceptors (Lipinski definition) is 1. The zero-order chi connectivity index (χ0) is 9.14. The van der Waals surface area contributed by atoms with Crippen molar-refractivity contribution in [2.45, 2.75) is 13.3 Å². The molecule has 0 bridgehead atoms. The zero-order valence-electron chi connectivity index (χ0n) is 7.03. The van der Waals surface area contributed by atoms with Crippen LogP contribution >= 0.6 is 23.2 Å². The first-order chi connectivity index (χ1) is 5.70. The lowest BCUT2D eigenvalue weighted by Crippen LogP contribution is -1.89. The lowest BCUT2D eigenvalue weighted by Gasteiger charge is -2.08. The van der Waals surface area contributed by atoms with E-state index >= 15 is 0 Å². The molecule has 1 nitrogen and oxygen atoms in total. The Labute approximate surface area is 82.2 Å². The van der Waals surface area contributed by atoms with Crippen molar-refractivity contribution in [3.05, 3.63) is 27.7 Å². The van der Waals surface area contributed by atoms with E-state index in [-0.39, 0.29) is 0 Å². The first kappa shape index (κ1) is 9.69. The van der Waals surface area contributed by atoms with E-state index in [2.05, 4.69) is 0 Å². The highest BCUT2D eigenvalue weighted by Gasteiger charge is 2.08. The van der Waals surface area contributed by atoms with Gasteiger partial charge < -0.3 is 4.74 Å². The molecule has 0 unspecified atom stereocenters. The maximum Gasteiger partial charge on any atom is 0.156 e. The SMILES string of the molecule is CCc1ccc(Cl)c(OC)c1Cl. The fourth-order valence-electron chi connectivity index (χ4n) is 1.03. The minimum absolute atomic E-state index is 0.555. The summed E-state index contributed by atoms with van der Waals surface area (Å²) in [4.78, 5) is 0. The van der Waals surface area contributed by atoms with Crippen LogP contribution in [0.1, 0.15) is 12.5 Å². The molecule has 0 N–H and O–H groups in total. The van der Waals surface area contributed by atoms with Crippen LogP contribution in [0.2, 0.25) is 10.0 Å². The quantitative estimate of drug-likeness (QED) is 0.717. The minimum atomic E-state index is 0.555. The minimum Gasteiger partial charge on any atom is -0.494 e. The lowest BCUT2D eigenvalue weighted by molar-refractivity contribution is 0.415. The highest BCUT2D eigenvalue weighted by molar-refractivity contribution is 6.37. The molecule has 12 heavy (non-hydrogen) atoms. The smallest absolute Gasteiger partial charge is 0.156 e. The van der Waals surface area contributed by atoms with Crippen LogP contribution in [0, 0.1) is 0 Å². The van der Waals surface area contributed by atoms with Gasteiger partial charge in [0.25, 0.3) is 0 Å². The Morgan fingerprint density at radius 1 is 1.33 bits per heavy atom. The van der Waals surface area contributed by atoms with Crippen molar-refractivity contribution in [3.63, 3.8) is 0 Å². The third-order valence-electron chi connectivity index (χ3n) is 1.71. The molecule has 0 aromatic heterocycles. The summed E-state index contributed by atoms with van der Waals surface area (Å²) in [7, 11) is 1.56. The molecule has 66 valence electrons. The van der Waals surface area contributed by atoms with Crippen molar-refractivity contribution in [2.24, 2.45) is 0 Å². The molecule has 0 aliphatic rings. The molecule has 0 heterocycles. The summed E-state index contributed by atoms with van der Waals surface area (Å²) in [6, 6.07) is 3.71. The summed E-state index contributed by atoms with van der Waals surface area (Å²) >= 11 is 11.9. The molecule has 0 aliphatic carbocycles. The highest BCUT2D eigenvalue weighted by Crippen LogP contribution is 2.35. The largest absolute Gasteiger partial charge is 0.494 e. The molecule has 0 amide bonds. The van der Waals surface area contributed by atoms with Gasteiger partial charge in [0, 0.05) is 0 Å². The van der Waals surface area contributed by atoms with Crippen LogP contribution in [0.4, 0.5) is 0 Å². The molecule has 3 heteroatoms. The monoisotopic (exact) mass is 204 g/mol. The number of methoxy groups -OCH3 is 1. The van der Waals surface area contributed by atoms with E-state index in [1.54, 1.807) is 13.2 Å². The predicted octanol–water partition coefficient (Wildman–Crippen LogP) is 3.56. The van der Waals surface area contributed by atoms with Gasteiger partial charge in [0.1, 0.15) is 0 Å². The van der Waals surface area contributed by atoms with Crippen LogP contribution in [-0.2, 0) is 6.42 Å². The molecular formula is C9H10Cl2O. The molecule has 1 rings (SSSR count). The van der Waals surface area contributed by atoms with Gasteiger partial charge in [-0.1, -0.05) is 36.2 Å².